The van der Waals surface area contributed by atoms with E-state index in [9.17, 15) is 14.4 Å². The van der Waals surface area contributed by atoms with Crippen LogP contribution in [0.1, 0.15) is 27.1 Å². The molecule has 2 heterocycles. The number of carbonyl (C=O) groups excluding carboxylic acids is 3. The number of hydrogen-bond acceptors (Lipinski definition) is 4. The summed E-state index contributed by atoms with van der Waals surface area (Å²) < 4.78 is 0.931. The third-order valence-corrected chi connectivity index (χ3v) is 6.06. The maximum absolute atomic E-state index is 12.6. The first kappa shape index (κ1) is 19.8. The van der Waals surface area contributed by atoms with Gasteiger partial charge in [0.25, 0.3) is 11.8 Å². The zero-order valence-electron chi connectivity index (χ0n) is 14.7. The van der Waals surface area contributed by atoms with E-state index in [0.29, 0.717) is 43.9 Å². The van der Waals surface area contributed by atoms with Crippen molar-refractivity contribution in [2.75, 3.05) is 32.7 Å². The van der Waals surface area contributed by atoms with Crippen molar-refractivity contribution in [3.8, 4) is 0 Å². The summed E-state index contributed by atoms with van der Waals surface area (Å²) in [5.41, 5.74) is 1.32. The van der Waals surface area contributed by atoms with Crippen LogP contribution in [0.25, 0.3) is 0 Å². The smallest absolute Gasteiger partial charge is 0.255 e. The highest BCUT2D eigenvalue weighted by molar-refractivity contribution is 14.1. The largest absolute Gasteiger partial charge is 0.351 e. The van der Waals surface area contributed by atoms with E-state index < -0.39 is 0 Å². The lowest BCUT2D eigenvalue weighted by atomic mass is 10.2. The number of thiophene rings is 1. The van der Waals surface area contributed by atoms with Crippen LogP contribution >= 0.6 is 33.9 Å². The zero-order chi connectivity index (χ0) is 19.2. The normalized spacial score (nSPS) is 14.1. The number of nitrogens with zero attached hydrogens (tertiary/aromatic N) is 2. The van der Waals surface area contributed by atoms with Crippen molar-refractivity contribution in [3.63, 3.8) is 0 Å². The predicted octanol–water partition coefficient (Wildman–Crippen LogP) is 2.46. The fourth-order valence-corrected chi connectivity index (χ4v) is 4.15. The molecule has 1 saturated heterocycles. The number of nitrogens with one attached hydrogen (secondary N) is 1. The average molecular weight is 497 g/mol. The van der Waals surface area contributed by atoms with Crippen LogP contribution in [0.15, 0.2) is 41.1 Å². The molecule has 1 aromatic carbocycles. The molecule has 0 unspecified atom stereocenters. The van der Waals surface area contributed by atoms with E-state index in [1.807, 2.05) is 29.6 Å². The highest BCUT2D eigenvalue weighted by atomic mass is 127. The van der Waals surface area contributed by atoms with Crippen LogP contribution in [0.5, 0.6) is 0 Å². The van der Waals surface area contributed by atoms with Crippen LogP contribution in [0.2, 0.25) is 0 Å². The average Bonchev–Trinajstić information content (AvgIpc) is 3.23. The molecule has 0 saturated carbocycles. The van der Waals surface area contributed by atoms with Crippen molar-refractivity contribution in [2.24, 2.45) is 0 Å². The van der Waals surface area contributed by atoms with Gasteiger partial charge >= 0.3 is 0 Å². The molecule has 1 aromatic heterocycles. The van der Waals surface area contributed by atoms with Crippen LogP contribution in [0.4, 0.5) is 0 Å². The SMILES string of the molecule is O=C(NCCC(=O)N1CCN(C(=O)c2ccccc2I)CC1)c1ccsc1. The van der Waals surface area contributed by atoms with Gasteiger partial charge in [0.2, 0.25) is 5.91 Å². The molecule has 0 bridgehead atoms. The fourth-order valence-electron chi connectivity index (χ4n) is 2.90. The van der Waals surface area contributed by atoms with Gasteiger partial charge in [-0.3, -0.25) is 14.4 Å². The Morgan fingerprint density at radius 2 is 1.74 bits per heavy atom. The van der Waals surface area contributed by atoms with Gasteiger partial charge in [-0.15, -0.1) is 0 Å². The first-order chi connectivity index (χ1) is 13.1. The minimum Gasteiger partial charge on any atom is -0.351 e. The summed E-state index contributed by atoms with van der Waals surface area (Å²) in [7, 11) is 0. The Morgan fingerprint density at radius 3 is 2.41 bits per heavy atom. The van der Waals surface area contributed by atoms with Gasteiger partial charge in [-0.1, -0.05) is 12.1 Å². The van der Waals surface area contributed by atoms with Crippen molar-refractivity contribution in [2.45, 2.75) is 6.42 Å². The lowest BCUT2D eigenvalue weighted by molar-refractivity contribution is -0.132. The van der Waals surface area contributed by atoms with E-state index in [1.165, 1.54) is 11.3 Å². The molecule has 0 aliphatic carbocycles. The third-order valence-electron chi connectivity index (χ3n) is 4.43. The number of rotatable bonds is 5. The predicted molar refractivity (Wildman–Crippen MR) is 113 cm³/mol. The van der Waals surface area contributed by atoms with Gasteiger partial charge in [0.05, 0.1) is 5.56 Å². The summed E-state index contributed by atoms with van der Waals surface area (Å²) in [5.74, 6) is -0.144. The van der Waals surface area contributed by atoms with E-state index in [0.717, 1.165) is 3.57 Å². The van der Waals surface area contributed by atoms with Gasteiger partial charge in [-0.05, 0) is 46.2 Å². The quantitative estimate of drug-likeness (QED) is 0.646. The van der Waals surface area contributed by atoms with E-state index in [4.69, 9.17) is 0 Å². The number of amides is 3. The summed E-state index contributed by atoms with van der Waals surface area (Å²) >= 11 is 3.63. The molecule has 0 radical (unpaired) electrons. The molecule has 27 heavy (non-hydrogen) atoms. The third kappa shape index (κ3) is 5.07. The highest BCUT2D eigenvalue weighted by Gasteiger charge is 2.25. The molecular formula is C19H20IN3O3S. The Morgan fingerprint density at radius 1 is 1.04 bits per heavy atom. The van der Waals surface area contributed by atoms with Gasteiger partial charge in [0, 0.05) is 53.7 Å². The second-order valence-electron chi connectivity index (χ2n) is 6.17. The van der Waals surface area contributed by atoms with Gasteiger partial charge in [0.1, 0.15) is 0 Å². The van der Waals surface area contributed by atoms with Crippen LogP contribution in [0, 0.1) is 3.57 Å². The number of benzene rings is 1. The minimum absolute atomic E-state index is 0.00186. The van der Waals surface area contributed by atoms with Crippen LogP contribution in [-0.2, 0) is 4.79 Å². The Kier molecular flexibility index (Phi) is 6.84. The van der Waals surface area contributed by atoms with Gasteiger partial charge in [-0.2, -0.15) is 11.3 Å². The molecule has 1 aliphatic rings. The van der Waals surface area contributed by atoms with Crippen LogP contribution < -0.4 is 5.32 Å². The molecule has 1 fully saturated rings. The molecule has 0 spiro atoms. The summed E-state index contributed by atoms with van der Waals surface area (Å²) in [5, 5.41) is 6.39. The Hall–Kier alpha value is -1.94. The summed E-state index contributed by atoms with van der Waals surface area (Å²) in [6, 6.07) is 9.27. The number of piperazine rings is 1. The van der Waals surface area contributed by atoms with Crippen LogP contribution in [-0.4, -0.2) is 60.2 Å². The topological polar surface area (TPSA) is 69.7 Å². The highest BCUT2D eigenvalue weighted by Crippen LogP contribution is 2.15. The molecule has 6 nitrogen and oxygen atoms in total. The molecule has 8 heteroatoms. The Balaban J connectivity index is 1.43. The van der Waals surface area contributed by atoms with Crippen molar-refractivity contribution in [1.29, 1.82) is 0 Å². The van der Waals surface area contributed by atoms with E-state index in [1.54, 1.807) is 21.2 Å². The Bertz CT molecular complexity index is 817. The van der Waals surface area contributed by atoms with Crippen molar-refractivity contribution >= 4 is 51.6 Å². The molecule has 142 valence electrons. The second-order valence-corrected chi connectivity index (χ2v) is 8.11. The molecule has 1 aliphatic heterocycles. The Labute approximate surface area is 175 Å². The number of hydrogen-bond donors (Lipinski definition) is 1. The summed E-state index contributed by atoms with van der Waals surface area (Å²) in [4.78, 5) is 40.4. The lowest BCUT2D eigenvalue weighted by Crippen LogP contribution is -2.51. The monoisotopic (exact) mass is 497 g/mol. The molecule has 0 atom stereocenters. The number of halogens is 1. The van der Waals surface area contributed by atoms with Crippen LogP contribution in [0.3, 0.4) is 0 Å². The summed E-state index contributed by atoms with van der Waals surface area (Å²) in [6.45, 7) is 2.40. The minimum atomic E-state index is -0.156. The lowest BCUT2D eigenvalue weighted by Gasteiger charge is -2.35. The van der Waals surface area contributed by atoms with Gasteiger partial charge < -0.3 is 15.1 Å². The maximum atomic E-state index is 12.6. The first-order valence-electron chi connectivity index (χ1n) is 8.68. The van der Waals surface area contributed by atoms with E-state index in [2.05, 4.69) is 27.9 Å². The van der Waals surface area contributed by atoms with Gasteiger partial charge in [0.15, 0.2) is 0 Å². The van der Waals surface area contributed by atoms with Crippen molar-refractivity contribution in [3.05, 3.63) is 55.8 Å². The molecule has 3 rings (SSSR count). The molecular weight excluding hydrogens is 477 g/mol. The standard InChI is InChI=1S/C19H20IN3O3S/c20-16-4-2-1-3-15(16)19(26)23-10-8-22(9-11-23)17(24)5-7-21-18(25)14-6-12-27-13-14/h1-4,6,12-13H,5,7-11H2,(H,21,25). The first-order valence-corrected chi connectivity index (χ1v) is 10.7. The fraction of sp³-hybridized carbons (Fsp3) is 0.316. The molecule has 2 aromatic rings. The second kappa shape index (κ2) is 9.32. The van der Waals surface area contributed by atoms with Crippen molar-refractivity contribution in [1.82, 2.24) is 15.1 Å². The van der Waals surface area contributed by atoms with E-state index in [-0.39, 0.29) is 24.1 Å². The van der Waals surface area contributed by atoms with Crippen molar-refractivity contribution < 1.29 is 14.4 Å². The maximum Gasteiger partial charge on any atom is 0.255 e. The molecule has 3 amide bonds. The number of carbonyl (C=O) groups is 3. The molecule has 1 N–H and O–H groups in total. The summed E-state index contributed by atoms with van der Waals surface area (Å²) in [6.07, 6.45) is 0.264. The van der Waals surface area contributed by atoms with E-state index >= 15 is 0 Å². The zero-order valence-corrected chi connectivity index (χ0v) is 17.7. The van der Waals surface area contributed by atoms with Gasteiger partial charge in [-0.25, -0.2) is 0 Å².